The molecule has 0 aromatic heterocycles. The van der Waals surface area contributed by atoms with Gasteiger partial charge in [0.15, 0.2) is 0 Å². The third-order valence-corrected chi connectivity index (χ3v) is 4.60. The minimum atomic E-state index is -0.788. The van der Waals surface area contributed by atoms with E-state index in [0.29, 0.717) is 13.1 Å². The van der Waals surface area contributed by atoms with Crippen LogP contribution in [0.3, 0.4) is 0 Å². The molecule has 2 amide bonds. The van der Waals surface area contributed by atoms with Crippen LogP contribution in [0.1, 0.15) is 32.6 Å². The summed E-state index contributed by atoms with van der Waals surface area (Å²) in [6.07, 6.45) is 3.61. The first-order valence-electron chi connectivity index (χ1n) is 7.43. The molecule has 2 heterocycles. The van der Waals surface area contributed by atoms with Crippen molar-refractivity contribution in [3.05, 3.63) is 0 Å². The first-order chi connectivity index (χ1) is 9.54. The molecular weight excluding hydrogens is 260 g/mol. The van der Waals surface area contributed by atoms with E-state index in [0.717, 1.165) is 32.2 Å². The third-order valence-electron chi connectivity index (χ3n) is 4.60. The summed E-state index contributed by atoms with van der Waals surface area (Å²) < 4.78 is 0. The topological polar surface area (TPSA) is 81.1 Å². The van der Waals surface area contributed by atoms with Crippen LogP contribution < -0.4 is 0 Å². The second-order valence-corrected chi connectivity index (χ2v) is 5.93. The Balaban J connectivity index is 1.82. The molecule has 0 aromatic rings. The molecule has 2 aliphatic heterocycles. The normalized spacial score (nSPS) is 24.6. The Morgan fingerprint density at radius 2 is 2.05 bits per heavy atom. The molecule has 2 saturated heterocycles. The summed E-state index contributed by atoms with van der Waals surface area (Å²) in [6, 6.07) is 0.282. The summed E-state index contributed by atoms with van der Waals surface area (Å²) in [6.45, 7) is 3.75. The minimum Gasteiger partial charge on any atom is -0.481 e. The highest BCUT2D eigenvalue weighted by Gasteiger charge is 2.40. The number of urea groups is 1. The van der Waals surface area contributed by atoms with Crippen LogP contribution in [-0.2, 0) is 4.79 Å². The van der Waals surface area contributed by atoms with E-state index in [1.165, 1.54) is 0 Å². The molecule has 6 heteroatoms. The molecule has 2 unspecified atom stereocenters. The van der Waals surface area contributed by atoms with E-state index in [9.17, 15) is 9.59 Å². The lowest BCUT2D eigenvalue weighted by Gasteiger charge is -2.43. The molecule has 0 spiro atoms. The van der Waals surface area contributed by atoms with Gasteiger partial charge in [0.2, 0.25) is 0 Å². The number of amides is 2. The lowest BCUT2D eigenvalue weighted by Crippen LogP contribution is -2.58. The van der Waals surface area contributed by atoms with Gasteiger partial charge < -0.3 is 20.0 Å². The number of aliphatic carboxylic acids is 1. The molecule has 2 aliphatic rings. The number of aliphatic hydroxyl groups is 1. The number of carbonyl (C=O) groups is 2. The Hall–Kier alpha value is -1.30. The van der Waals surface area contributed by atoms with Gasteiger partial charge >= 0.3 is 12.0 Å². The van der Waals surface area contributed by atoms with E-state index in [2.05, 4.69) is 0 Å². The molecule has 2 atom stereocenters. The maximum Gasteiger partial charge on any atom is 0.320 e. The molecule has 20 heavy (non-hydrogen) atoms. The number of nitrogens with zero attached hydrogens (tertiary/aromatic N) is 2. The van der Waals surface area contributed by atoms with Crippen molar-refractivity contribution in [3.63, 3.8) is 0 Å². The molecule has 114 valence electrons. The average Bonchev–Trinajstić information content (AvgIpc) is 2.82. The quantitative estimate of drug-likeness (QED) is 0.789. The average molecular weight is 284 g/mol. The number of carbonyl (C=O) groups excluding carboxylic acids is 1. The Labute approximate surface area is 119 Å². The van der Waals surface area contributed by atoms with E-state index in [-0.39, 0.29) is 30.5 Å². The van der Waals surface area contributed by atoms with E-state index >= 15 is 0 Å². The van der Waals surface area contributed by atoms with Gasteiger partial charge in [0.1, 0.15) is 0 Å². The fourth-order valence-corrected chi connectivity index (χ4v) is 3.08. The smallest absolute Gasteiger partial charge is 0.320 e. The zero-order valence-corrected chi connectivity index (χ0v) is 12.0. The zero-order valence-electron chi connectivity index (χ0n) is 12.0. The fraction of sp³-hybridized carbons (Fsp3) is 0.857. The summed E-state index contributed by atoms with van der Waals surface area (Å²) in [4.78, 5) is 26.9. The van der Waals surface area contributed by atoms with Crippen LogP contribution in [0.15, 0.2) is 0 Å². The van der Waals surface area contributed by atoms with Crippen molar-refractivity contribution in [1.82, 2.24) is 9.80 Å². The van der Waals surface area contributed by atoms with Crippen molar-refractivity contribution in [2.24, 2.45) is 11.8 Å². The Morgan fingerprint density at radius 3 is 2.65 bits per heavy atom. The highest BCUT2D eigenvalue weighted by atomic mass is 16.4. The molecule has 2 rings (SSSR count). The van der Waals surface area contributed by atoms with Crippen LogP contribution in [0.2, 0.25) is 0 Å². The molecule has 2 N–H and O–H groups in total. The standard InChI is InChI=1S/C14H24N2O4/c1-10(13(18)19)11-8-15(9-11)14(20)16-6-2-4-12(16)5-3-7-17/h10-12,17H,2-9H2,1H3,(H,18,19). The largest absolute Gasteiger partial charge is 0.481 e. The van der Waals surface area contributed by atoms with Gasteiger partial charge in [0.25, 0.3) is 0 Å². The van der Waals surface area contributed by atoms with E-state index in [1.54, 1.807) is 11.8 Å². The van der Waals surface area contributed by atoms with Crippen LogP contribution in [0.4, 0.5) is 4.79 Å². The lowest BCUT2D eigenvalue weighted by atomic mass is 9.87. The maximum absolute atomic E-state index is 12.4. The van der Waals surface area contributed by atoms with Crippen molar-refractivity contribution in [2.75, 3.05) is 26.2 Å². The van der Waals surface area contributed by atoms with E-state index in [4.69, 9.17) is 10.2 Å². The summed E-state index contributed by atoms with van der Waals surface area (Å²) in [5.74, 6) is -1.10. The Kier molecular flexibility index (Phi) is 4.86. The molecule has 6 nitrogen and oxygen atoms in total. The SMILES string of the molecule is CC(C(=O)O)C1CN(C(=O)N2CCCC2CCCO)C1. The number of hydrogen-bond acceptors (Lipinski definition) is 3. The Bertz CT molecular complexity index is 368. The second kappa shape index (κ2) is 6.43. The van der Waals surface area contributed by atoms with Gasteiger partial charge in [-0.1, -0.05) is 6.92 Å². The molecule has 2 fully saturated rings. The van der Waals surface area contributed by atoms with Gasteiger partial charge in [0, 0.05) is 38.2 Å². The van der Waals surface area contributed by atoms with Crippen molar-refractivity contribution < 1.29 is 19.8 Å². The first kappa shape index (κ1) is 15.1. The summed E-state index contributed by atoms with van der Waals surface area (Å²) >= 11 is 0. The van der Waals surface area contributed by atoms with E-state index in [1.807, 2.05) is 4.90 Å². The van der Waals surface area contributed by atoms with Crippen molar-refractivity contribution in [1.29, 1.82) is 0 Å². The number of carboxylic acids is 1. The van der Waals surface area contributed by atoms with E-state index < -0.39 is 5.97 Å². The van der Waals surface area contributed by atoms with Crippen LogP contribution in [0.25, 0.3) is 0 Å². The van der Waals surface area contributed by atoms with Crippen LogP contribution in [0.5, 0.6) is 0 Å². The molecule has 0 aromatic carbocycles. The third kappa shape index (κ3) is 3.06. The Morgan fingerprint density at radius 1 is 1.35 bits per heavy atom. The second-order valence-electron chi connectivity index (χ2n) is 5.93. The van der Waals surface area contributed by atoms with Gasteiger partial charge in [-0.2, -0.15) is 0 Å². The number of rotatable bonds is 5. The predicted octanol–water partition coefficient (Wildman–Crippen LogP) is 0.996. The molecule has 0 saturated carbocycles. The number of aliphatic hydroxyl groups excluding tert-OH is 1. The molecule has 0 radical (unpaired) electrons. The number of likely N-dealkylation sites (tertiary alicyclic amines) is 2. The maximum atomic E-state index is 12.4. The van der Waals surface area contributed by atoms with Gasteiger partial charge in [-0.15, -0.1) is 0 Å². The summed E-state index contributed by atoms with van der Waals surface area (Å²) in [7, 11) is 0. The van der Waals surface area contributed by atoms with Crippen molar-refractivity contribution in [2.45, 2.75) is 38.6 Å². The number of carboxylic acid groups (broad SMARTS) is 1. The fourth-order valence-electron chi connectivity index (χ4n) is 3.08. The lowest BCUT2D eigenvalue weighted by molar-refractivity contribution is -0.144. The predicted molar refractivity (Wildman–Crippen MR) is 73.3 cm³/mol. The summed E-state index contributed by atoms with van der Waals surface area (Å²) in [5, 5.41) is 17.9. The highest BCUT2D eigenvalue weighted by molar-refractivity contribution is 5.77. The van der Waals surface area contributed by atoms with Gasteiger partial charge in [-0.25, -0.2) is 4.79 Å². The van der Waals surface area contributed by atoms with Crippen molar-refractivity contribution >= 4 is 12.0 Å². The van der Waals surface area contributed by atoms with Gasteiger partial charge in [-0.3, -0.25) is 4.79 Å². The molecule has 0 aliphatic carbocycles. The summed E-state index contributed by atoms with van der Waals surface area (Å²) in [5.41, 5.74) is 0. The van der Waals surface area contributed by atoms with Crippen LogP contribution >= 0.6 is 0 Å². The van der Waals surface area contributed by atoms with Crippen LogP contribution in [0, 0.1) is 11.8 Å². The van der Waals surface area contributed by atoms with Gasteiger partial charge in [0.05, 0.1) is 5.92 Å². The molecular formula is C14H24N2O4. The highest BCUT2D eigenvalue weighted by Crippen LogP contribution is 2.28. The van der Waals surface area contributed by atoms with Crippen LogP contribution in [-0.4, -0.2) is 64.3 Å². The monoisotopic (exact) mass is 284 g/mol. The first-order valence-corrected chi connectivity index (χ1v) is 7.43. The molecule has 0 bridgehead atoms. The zero-order chi connectivity index (χ0) is 14.7. The van der Waals surface area contributed by atoms with Gasteiger partial charge in [-0.05, 0) is 25.7 Å². The number of hydrogen-bond donors (Lipinski definition) is 2. The van der Waals surface area contributed by atoms with Crippen molar-refractivity contribution in [3.8, 4) is 0 Å². The minimum absolute atomic E-state index is 0.0410.